The van der Waals surface area contributed by atoms with Gasteiger partial charge in [-0.3, -0.25) is 0 Å². The van der Waals surface area contributed by atoms with Crippen molar-refractivity contribution in [2.75, 3.05) is 19.8 Å². The van der Waals surface area contributed by atoms with Crippen molar-refractivity contribution in [3.8, 4) is 0 Å². The summed E-state index contributed by atoms with van der Waals surface area (Å²) in [5.74, 6) is 1.22. The maximum atomic E-state index is 5.15. The van der Waals surface area contributed by atoms with Gasteiger partial charge in [-0.15, -0.1) is 0 Å². The van der Waals surface area contributed by atoms with Crippen LogP contribution in [0.4, 0.5) is 0 Å². The van der Waals surface area contributed by atoms with E-state index < -0.39 is 0 Å². The van der Waals surface area contributed by atoms with Gasteiger partial charge in [0, 0.05) is 19.8 Å². The van der Waals surface area contributed by atoms with Gasteiger partial charge in [0.2, 0.25) is 0 Å². The van der Waals surface area contributed by atoms with E-state index in [4.69, 9.17) is 12.2 Å². The van der Waals surface area contributed by atoms with Gasteiger partial charge < -0.3 is 4.90 Å². The van der Waals surface area contributed by atoms with Crippen LogP contribution >= 0.6 is 33.8 Å². The molecule has 13 heavy (non-hydrogen) atoms. The van der Waals surface area contributed by atoms with Gasteiger partial charge in [-0.1, -0.05) is 49.2 Å². The van der Waals surface area contributed by atoms with Crippen LogP contribution in [0.5, 0.6) is 0 Å². The van der Waals surface area contributed by atoms with E-state index in [1.54, 1.807) is 10.8 Å². The molecule has 4 heteroatoms. The van der Waals surface area contributed by atoms with Crippen molar-refractivity contribution < 1.29 is 0 Å². The molecule has 0 aromatic heterocycles. The van der Waals surface area contributed by atoms with Gasteiger partial charge in [-0.2, -0.15) is 0 Å². The average molecular weight is 237 g/mol. The van der Waals surface area contributed by atoms with Crippen molar-refractivity contribution in [3.63, 3.8) is 0 Å². The molecule has 0 aliphatic heterocycles. The van der Waals surface area contributed by atoms with E-state index in [1.807, 2.05) is 29.8 Å². The molecule has 0 radical (unpaired) electrons. The zero-order valence-electron chi connectivity index (χ0n) is 8.71. The summed E-state index contributed by atoms with van der Waals surface area (Å²) >= 11 is 5.15. The SMILES string of the molecule is CCCCCCSSC(=S)N(C)C. The minimum atomic E-state index is 0.973. The molecule has 0 spiro atoms. The van der Waals surface area contributed by atoms with Crippen molar-refractivity contribution in [2.24, 2.45) is 0 Å². The lowest BCUT2D eigenvalue weighted by atomic mass is 10.2. The Morgan fingerprint density at radius 1 is 1.23 bits per heavy atom. The van der Waals surface area contributed by atoms with E-state index in [0.29, 0.717) is 0 Å². The highest BCUT2D eigenvalue weighted by Crippen LogP contribution is 2.25. The van der Waals surface area contributed by atoms with Gasteiger partial charge in [-0.05, 0) is 17.2 Å². The molecule has 0 aliphatic carbocycles. The molecular weight excluding hydrogens is 218 g/mol. The molecule has 0 amide bonds. The number of thiocarbonyl (C=S) groups is 1. The summed E-state index contributed by atoms with van der Waals surface area (Å²) in [5.41, 5.74) is 0. The highest BCUT2D eigenvalue weighted by atomic mass is 33.1. The van der Waals surface area contributed by atoms with Crippen LogP contribution < -0.4 is 0 Å². The van der Waals surface area contributed by atoms with Crippen molar-refractivity contribution in [2.45, 2.75) is 32.6 Å². The maximum absolute atomic E-state index is 5.15. The lowest BCUT2D eigenvalue weighted by Crippen LogP contribution is -2.14. The van der Waals surface area contributed by atoms with Crippen molar-refractivity contribution in [1.29, 1.82) is 0 Å². The highest BCUT2D eigenvalue weighted by Gasteiger charge is 1.99. The summed E-state index contributed by atoms with van der Waals surface area (Å²) in [5, 5.41) is 0. The second kappa shape index (κ2) is 9.16. The van der Waals surface area contributed by atoms with Crippen LogP contribution in [0.3, 0.4) is 0 Å². The Labute approximate surface area is 95.4 Å². The molecule has 0 heterocycles. The van der Waals surface area contributed by atoms with E-state index >= 15 is 0 Å². The topological polar surface area (TPSA) is 3.24 Å². The number of hydrogen-bond donors (Lipinski definition) is 0. The summed E-state index contributed by atoms with van der Waals surface area (Å²) in [4.78, 5) is 1.99. The number of nitrogens with zero attached hydrogens (tertiary/aromatic N) is 1. The van der Waals surface area contributed by atoms with Crippen LogP contribution in [0.15, 0.2) is 0 Å². The van der Waals surface area contributed by atoms with Crippen molar-refractivity contribution >= 4 is 38.1 Å². The van der Waals surface area contributed by atoms with Crippen LogP contribution in [0, 0.1) is 0 Å². The molecule has 0 aromatic rings. The summed E-state index contributed by atoms with van der Waals surface area (Å²) in [6.45, 7) is 2.24. The van der Waals surface area contributed by atoms with Crippen LogP contribution in [0.1, 0.15) is 32.6 Å². The third-order valence-electron chi connectivity index (χ3n) is 1.58. The summed E-state index contributed by atoms with van der Waals surface area (Å²) in [6.07, 6.45) is 5.36. The Bertz CT molecular complexity index is 137. The predicted octanol–water partition coefficient (Wildman–Crippen LogP) is 3.79. The Balaban J connectivity index is 3.12. The fourth-order valence-electron chi connectivity index (χ4n) is 0.754. The second-order valence-electron chi connectivity index (χ2n) is 3.13. The molecule has 0 unspecified atom stereocenters. The van der Waals surface area contributed by atoms with E-state index in [9.17, 15) is 0 Å². The third-order valence-corrected chi connectivity index (χ3v) is 4.92. The smallest absolute Gasteiger partial charge is 0.146 e. The summed E-state index contributed by atoms with van der Waals surface area (Å²) in [6, 6.07) is 0. The molecule has 0 N–H and O–H groups in total. The van der Waals surface area contributed by atoms with Gasteiger partial charge in [0.25, 0.3) is 0 Å². The molecule has 0 fully saturated rings. The summed E-state index contributed by atoms with van der Waals surface area (Å²) in [7, 11) is 7.58. The van der Waals surface area contributed by atoms with E-state index in [-0.39, 0.29) is 0 Å². The Kier molecular flexibility index (Phi) is 9.57. The van der Waals surface area contributed by atoms with E-state index in [0.717, 1.165) is 4.32 Å². The van der Waals surface area contributed by atoms with Crippen molar-refractivity contribution in [1.82, 2.24) is 4.90 Å². The van der Waals surface area contributed by atoms with Crippen molar-refractivity contribution in [3.05, 3.63) is 0 Å². The van der Waals surface area contributed by atoms with Crippen LogP contribution in [-0.2, 0) is 0 Å². The Morgan fingerprint density at radius 2 is 1.92 bits per heavy atom. The fraction of sp³-hybridized carbons (Fsp3) is 0.889. The van der Waals surface area contributed by atoms with Crippen LogP contribution in [0.25, 0.3) is 0 Å². The number of hydrogen-bond acceptors (Lipinski definition) is 3. The minimum Gasteiger partial charge on any atom is -0.363 e. The minimum absolute atomic E-state index is 0.973. The molecule has 0 rings (SSSR count). The molecule has 0 saturated heterocycles. The third kappa shape index (κ3) is 8.91. The van der Waals surface area contributed by atoms with Crippen LogP contribution in [0.2, 0.25) is 0 Å². The maximum Gasteiger partial charge on any atom is 0.146 e. The second-order valence-corrected chi connectivity index (χ2v) is 6.18. The molecule has 1 nitrogen and oxygen atoms in total. The number of unbranched alkanes of at least 4 members (excludes halogenated alkanes) is 3. The Morgan fingerprint density at radius 3 is 2.46 bits per heavy atom. The van der Waals surface area contributed by atoms with Gasteiger partial charge in [-0.25, -0.2) is 0 Å². The molecular formula is C9H19NS3. The summed E-state index contributed by atoms with van der Waals surface area (Å²) < 4.78 is 0.973. The first kappa shape index (κ1) is 13.6. The van der Waals surface area contributed by atoms with Gasteiger partial charge in [0.05, 0.1) is 0 Å². The molecule has 0 aliphatic rings. The van der Waals surface area contributed by atoms with Gasteiger partial charge in [0.1, 0.15) is 4.32 Å². The first-order valence-corrected chi connectivity index (χ1v) is 7.42. The molecule has 0 bridgehead atoms. The van der Waals surface area contributed by atoms with E-state index in [1.165, 1.54) is 31.4 Å². The van der Waals surface area contributed by atoms with E-state index in [2.05, 4.69) is 6.92 Å². The predicted molar refractivity (Wildman–Crippen MR) is 70.5 cm³/mol. The quantitative estimate of drug-likeness (QED) is 0.392. The highest BCUT2D eigenvalue weighted by molar-refractivity contribution is 8.83. The fourth-order valence-corrected chi connectivity index (χ4v) is 3.20. The zero-order chi connectivity index (χ0) is 10.1. The molecule has 0 aromatic carbocycles. The normalized spacial score (nSPS) is 10.1. The van der Waals surface area contributed by atoms with Crippen LogP contribution in [-0.4, -0.2) is 29.1 Å². The molecule has 0 saturated carbocycles. The zero-order valence-corrected chi connectivity index (χ0v) is 11.2. The monoisotopic (exact) mass is 237 g/mol. The number of rotatable bonds is 6. The standard InChI is InChI=1S/C9H19NS3/c1-4-5-6-7-8-12-13-9(11)10(2)3/h4-8H2,1-3H3. The van der Waals surface area contributed by atoms with Gasteiger partial charge >= 0.3 is 0 Å². The average Bonchev–Trinajstić information content (AvgIpc) is 2.10. The lowest BCUT2D eigenvalue weighted by molar-refractivity contribution is 0.648. The Hall–Kier alpha value is 0.590. The van der Waals surface area contributed by atoms with Gasteiger partial charge in [0.15, 0.2) is 0 Å². The lowest BCUT2D eigenvalue weighted by Gasteiger charge is -2.11. The molecule has 78 valence electrons. The molecule has 0 atom stereocenters. The largest absolute Gasteiger partial charge is 0.363 e. The first-order chi connectivity index (χ1) is 6.18. The first-order valence-electron chi connectivity index (χ1n) is 4.69.